The maximum atomic E-state index is 11.5. The Morgan fingerprint density at radius 2 is 2.11 bits per heavy atom. The Bertz CT molecular complexity index is 422. The predicted molar refractivity (Wildman–Crippen MR) is 71.6 cm³/mol. The fourth-order valence-electron chi connectivity index (χ4n) is 2.71. The number of aliphatic hydroxyl groups excluding tert-OH is 1. The van der Waals surface area contributed by atoms with E-state index in [9.17, 15) is 9.90 Å². The van der Waals surface area contributed by atoms with Gasteiger partial charge >= 0.3 is 0 Å². The van der Waals surface area contributed by atoms with Crippen LogP contribution in [-0.4, -0.2) is 29.4 Å². The van der Waals surface area contributed by atoms with E-state index in [1.54, 1.807) is 22.9 Å². The summed E-state index contributed by atoms with van der Waals surface area (Å²) in [5.41, 5.74) is 0.124. The molecule has 0 bridgehead atoms. The molecule has 1 aromatic rings. The minimum Gasteiger partial charge on any atom is -0.396 e. The van der Waals surface area contributed by atoms with Crippen LogP contribution in [0.2, 0.25) is 0 Å². The van der Waals surface area contributed by atoms with Gasteiger partial charge in [0.25, 0.3) is 5.56 Å². The third-order valence-electron chi connectivity index (χ3n) is 3.93. The van der Waals surface area contributed by atoms with Crippen LogP contribution in [0.3, 0.4) is 0 Å². The highest BCUT2D eigenvalue weighted by molar-refractivity contribution is 4.93. The van der Waals surface area contributed by atoms with E-state index in [4.69, 9.17) is 0 Å². The molecule has 100 valence electrons. The highest BCUT2D eigenvalue weighted by atomic mass is 16.3. The van der Waals surface area contributed by atoms with Gasteiger partial charge in [-0.2, -0.15) is 0 Å². The number of hydrogen-bond donors (Lipinski definition) is 2. The summed E-state index contributed by atoms with van der Waals surface area (Å²) in [7, 11) is 0. The number of aromatic nitrogens is 1. The fraction of sp³-hybridized carbons (Fsp3) is 0.643. The smallest absolute Gasteiger partial charge is 0.250 e. The first-order valence-corrected chi connectivity index (χ1v) is 6.73. The van der Waals surface area contributed by atoms with Gasteiger partial charge < -0.3 is 15.0 Å². The first-order chi connectivity index (χ1) is 8.76. The normalized spacial score (nSPS) is 18.1. The van der Waals surface area contributed by atoms with Gasteiger partial charge in [-0.3, -0.25) is 4.79 Å². The molecule has 2 N–H and O–H groups in total. The van der Waals surface area contributed by atoms with Gasteiger partial charge in [0.15, 0.2) is 0 Å². The third-order valence-corrected chi connectivity index (χ3v) is 3.93. The van der Waals surface area contributed by atoms with E-state index in [0.717, 1.165) is 25.9 Å². The van der Waals surface area contributed by atoms with E-state index in [0.29, 0.717) is 6.54 Å². The van der Waals surface area contributed by atoms with Crippen LogP contribution in [0.25, 0.3) is 0 Å². The summed E-state index contributed by atoms with van der Waals surface area (Å²) < 4.78 is 1.70. The second-order valence-electron chi connectivity index (χ2n) is 5.27. The molecule has 0 unspecified atom stereocenters. The number of nitrogens with zero attached hydrogens (tertiary/aromatic N) is 1. The van der Waals surface area contributed by atoms with Crippen molar-refractivity contribution in [1.29, 1.82) is 0 Å². The molecule has 2 rings (SSSR count). The van der Waals surface area contributed by atoms with Crippen molar-refractivity contribution < 1.29 is 5.11 Å². The lowest BCUT2D eigenvalue weighted by molar-refractivity contribution is 0.128. The zero-order chi connectivity index (χ0) is 12.8. The second kappa shape index (κ2) is 6.16. The summed E-state index contributed by atoms with van der Waals surface area (Å²) in [6.07, 6.45) is 6.48. The van der Waals surface area contributed by atoms with Crippen molar-refractivity contribution in [3.8, 4) is 0 Å². The van der Waals surface area contributed by atoms with Gasteiger partial charge in [-0.05, 0) is 18.9 Å². The first kappa shape index (κ1) is 13.3. The van der Waals surface area contributed by atoms with Crippen LogP contribution >= 0.6 is 0 Å². The standard InChI is InChI=1S/C14H22N2O2/c17-12-14(6-2-3-7-14)11-15-8-10-16-9-4-1-5-13(16)18/h1,4-5,9,15,17H,2-3,6-8,10-12H2. The van der Waals surface area contributed by atoms with Crippen molar-refractivity contribution in [3.63, 3.8) is 0 Å². The maximum Gasteiger partial charge on any atom is 0.250 e. The average molecular weight is 250 g/mol. The van der Waals surface area contributed by atoms with E-state index in [-0.39, 0.29) is 17.6 Å². The van der Waals surface area contributed by atoms with Crippen molar-refractivity contribution in [3.05, 3.63) is 34.7 Å². The molecular weight excluding hydrogens is 228 g/mol. The van der Waals surface area contributed by atoms with Crippen molar-refractivity contribution in [1.82, 2.24) is 9.88 Å². The Morgan fingerprint density at radius 1 is 1.33 bits per heavy atom. The van der Waals surface area contributed by atoms with Crippen LogP contribution in [0.5, 0.6) is 0 Å². The number of nitrogens with one attached hydrogen (secondary N) is 1. The Kier molecular flexibility index (Phi) is 4.55. The number of rotatable bonds is 6. The van der Waals surface area contributed by atoms with Gasteiger partial charge in [0.2, 0.25) is 0 Å². The molecule has 0 aromatic carbocycles. The van der Waals surface area contributed by atoms with E-state index >= 15 is 0 Å². The van der Waals surface area contributed by atoms with Crippen LogP contribution in [0, 0.1) is 5.41 Å². The Morgan fingerprint density at radius 3 is 2.78 bits per heavy atom. The molecule has 0 aliphatic heterocycles. The predicted octanol–water partition coefficient (Wildman–Crippen LogP) is 0.991. The minimum absolute atomic E-state index is 0.0389. The average Bonchev–Trinajstić information content (AvgIpc) is 2.86. The Labute approximate surface area is 108 Å². The number of hydrogen-bond acceptors (Lipinski definition) is 3. The second-order valence-corrected chi connectivity index (χ2v) is 5.27. The highest BCUT2D eigenvalue weighted by Gasteiger charge is 2.32. The van der Waals surface area contributed by atoms with Gasteiger partial charge in [-0.25, -0.2) is 0 Å². The third kappa shape index (κ3) is 3.21. The minimum atomic E-state index is 0.0389. The monoisotopic (exact) mass is 250 g/mol. The maximum absolute atomic E-state index is 11.5. The molecule has 0 saturated heterocycles. The largest absolute Gasteiger partial charge is 0.396 e. The molecule has 1 aliphatic rings. The number of aliphatic hydroxyl groups is 1. The van der Waals surface area contributed by atoms with Crippen LogP contribution in [0.4, 0.5) is 0 Å². The molecule has 1 fully saturated rings. The lowest BCUT2D eigenvalue weighted by Gasteiger charge is -2.26. The van der Waals surface area contributed by atoms with Crippen molar-refractivity contribution in [2.24, 2.45) is 5.41 Å². The zero-order valence-electron chi connectivity index (χ0n) is 10.8. The van der Waals surface area contributed by atoms with E-state index in [2.05, 4.69) is 5.32 Å². The molecule has 4 heteroatoms. The van der Waals surface area contributed by atoms with E-state index in [1.807, 2.05) is 6.07 Å². The summed E-state index contributed by atoms with van der Waals surface area (Å²) >= 11 is 0. The molecule has 0 radical (unpaired) electrons. The molecule has 1 saturated carbocycles. The van der Waals surface area contributed by atoms with Crippen molar-refractivity contribution >= 4 is 0 Å². The zero-order valence-corrected chi connectivity index (χ0v) is 10.8. The summed E-state index contributed by atoms with van der Waals surface area (Å²) in [5.74, 6) is 0. The van der Waals surface area contributed by atoms with Crippen LogP contribution < -0.4 is 10.9 Å². The SMILES string of the molecule is O=c1ccccn1CCNCC1(CO)CCCC1. The Balaban J connectivity index is 1.76. The molecule has 18 heavy (non-hydrogen) atoms. The van der Waals surface area contributed by atoms with Crippen LogP contribution in [0.1, 0.15) is 25.7 Å². The van der Waals surface area contributed by atoms with Crippen molar-refractivity contribution in [2.45, 2.75) is 32.2 Å². The molecule has 0 atom stereocenters. The first-order valence-electron chi connectivity index (χ1n) is 6.73. The van der Waals surface area contributed by atoms with Gasteiger partial charge in [0.05, 0.1) is 0 Å². The fourth-order valence-corrected chi connectivity index (χ4v) is 2.71. The van der Waals surface area contributed by atoms with Crippen LogP contribution in [-0.2, 0) is 6.54 Å². The van der Waals surface area contributed by atoms with Gasteiger partial charge in [-0.15, -0.1) is 0 Å². The summed E-state index contributed by atoms with van der Waals surface area (Å²) in [6.45, 7) is 2.57. The Hall–Kier alpha value is -1.13. The van der Waals surface area contributed by atoms with Crippen molar-refractivity contribution in [2.75, 3.05) is 19.7 Å². The lowest BCUT2D eigenvalue weighted by atomic mass is 9.87. The molecule has 0 spiro atoms. The molecule has 1 aromatic heterocycles. The van der Waals surface area contributed by atoms with Gasteiger partial charge in [-0.1, -0.05) is 18.9 Å². The van der Waals surface area contributed by atoms with E-state index < -0.39 is 0 Å². The van der Waals surface area contributed by atoms with Crippen LogP contribution in [0.15, 0.2) is 29.2 Å². The van der Waals surface area contributed by atoms with Gasteiger partial charge in [0.1, 0.15) is 0 Å². The molecule has 1 aliphatic carbocycles. The quantitative estimate of drug-likeness (QED) is 0.740. The molecule has 4 nitrogen and oxygen atoms in total. The van der Waals surface area contributed by atoms with E-state index in [1.165, 1.54) is 12.8 Å². The molecule has 0 amide bonds. The van der Waals surface area contributed by atoms with Gasteiger partial charge in [0, 0.05) is 43.9 Å². The highest BCUT2D eigenvalue weighted by Crippen LogP contribution is 2.36. The number of pyridine rings is 1. The summed E-state index contributed by atoms with van der Waals surface area (Å²) in [5, 5.41) is 12.9. The molecular formula is C14H22N2O2. The topological polar surface area (TPSA) is 54.3 Å². The summed E-state index contributed by atoms with van der Waals surface area (Å²) in [6, 6.07) is 5.20. The summed E-state index contributed by atoms with van der Waals surface area (Å²) in [4.78, 5) is 11.5. The lowest BCUT2D eigenvalue weighted by Crippen LogP contribution is -2.37. The molecule has 1 heterocycles.